The van der Waals surface area contributed by atoms with Crippen molar-refractivity contribution >= 4 is 29.3 Å². The van der Waals surface area contributed by atoms with Gasteiger partial charge in [-0.15, -0.1) is 0 Å². The smallest absolute Gasteiger partial charge is 0.262 e. The number of carbonyl (C=O) groups excluding carboxylic acids is 3. The Labute approximate surface area is 155 Å². The first kappa shape index (κ1) is 17.9. The number of nitrogens with zero attached hydrogens (tertiary/aromatic N) is 2. The van der Waals surface area contributed by atoms with Gasteiger partial charge in [-0.3, -0.25) is 19.3 Å². The molecular formula is C19H17ClN2O4. The minimum Gasteiger partial charge on any atom is -0.496 e. The summed E-state index contributed by atoms with van der Waals surface area (Å²) in [5, 5.41) is 0.530. The maximum Gasteiger partial charge on any atom is 0.262 e. The molecule has 134 valence electrons. The van der Waals surface area contributed by atoms with E-state index in [1.807, 2.05) is 0 Å². The third kappa shape index (κ3) is 3.28. The van der Waals surface area contributed by atoms with E-state index in [2.05, 4.69) is 0 Å². The number of amides is 3. The van der Waals surface area contributed by atoms with Crippen LogP contribution in [-0.2, 0) is 11.3 Å². The van der Waals surface area contributed by atoms with Crippen LogP contribution >= 0.6 is 11.6 Å². The van der Waals surface area contributed by atoms with E-state index in [1.54, 1.807) is 49.5 Å². The number of benzene rings is 2. The first-order valence-corrected chi connectivity index (χ1v) is 8.31. The van der Waals surface area contributed by atoms with Gasteiger partial charge >= 0.3 is 0 Å². The second-order valence-corrected chi connectivity index (χ2v) is 6.38. The van der Waals surface area contributed by atoms with Gasteiger partial charge in [0.1, 0.15) is 12.3 Å². The van der Waals surface area contributed by atoms with Crippen molar-refractivity contribution in [1.29, 1.82) is 0 Å². The number of hydrogen-bond donors (Lipinski definition) is 0. The Bertz CT molecular complexity index is 862. The van der Waals surface area contributed by atoms with E-state index in [0.717, 1.165) is 10.5 Å². The fraction of sp³-hybridized carbons (Fsp3) is 0.211. The van der Waals surface area contributed by atoms with Crippen LogP contribution in [0.2, 0.25) is 5.02 Å². The van der Waals surface area contributed by atoms with E-state index < -0.39 is 11.8 Å². The molecule has 0 aromatic heterocycles. The summed E-state index contributed by atoms with van der Waals surface area (Å²) < 4.78 is 5.28. The van der Waals surface area contributed by atoms with Crippen LogP contribution in [0, 0.1) is 0 Å². The molecule has 2 aromatic rings. The van der Waals surface area contributed by atoms with Crippen LogP contribution in [0.15, 0.2) is 42.5 Å². The molecule has 26 heavy (non-hydrogen) atoms. The standard InChI is InChI=1S/C19H17ClN2O4/c1-21(10-12-9-13(20)7-8-16(12)26-2)17(23)11-22-18(24)14-5-3-4-6-15(14)19(22)25/h3-9H,10-11H2,1-2H3. The average Bonchev–Trinajstić information content (AvgIpc) is 2.87. The predicted molar refractivity (Wildman–Crippen MR) is 96.3 cm³/mol. The van der Waals surface area contributed by atoms with Crippen molar-refractivity contribution in [2.24, 2.45) is 0 Å². The quantitative estimate of drug-likeness (QED) is 0.757. The van der Waals surface area contributed by atoms with Gasteiger partial charge in [-0.05, 0) is 30.3 Å². The molecule has 0 N–H and O–H groups in total. The maximum absolute atomic E-state index is 12.5. The van der Waals surface area contributed by atoms with Crippen LogP contribution in [0.4, 0.5) is 0 Å². The third-order valence-corrected chi connectivity index (χ3v) is 4.48. The topological polar surface area (TPSA) is 66.9 Å². The molecule has 2 aromatic carbocycles. The lowest BCUT2D eigenvalue weighted by molar-refractivity contribution is -0.130. The van der Waals surface area contributed by atoms with Crippen molar-refractivity contribution in [2.45, 2.75) is 6.54 Å². The SMILES string of the molecule is COc1ccc(Cl)cc1CN(C)C(=O)CN1C(=O)c2ccccc2C1=O. The van der Waals surface area contributed by atoms with Gasteiger partial charge < -0.3 is 9.64 Å². The second-order valence-electron chi connectivity index (χ2n) is 5.95. The van der Waals surface area contributed by atoms with Crippen LogP contribution in [0.1, 0.15) is 26.3 Å². The minimum absolute atomic E-state index is 0.242. The number of imide groups is 1. The summed E-state index contributed by atoms with van der Waals surface area (Å²) >= 11 is 6.01. The van der Waals surface area contributed by atoms with Crippen molar-refractivity contribution in [3.8, 4) is 5.75 Å². The van der Waals surface area contributed by atoms with E-state index in [1.165, 1.54) is 12.0 Å². The number of fused-ring (bicyclic) bond motifs is 1. The zero-order valence-electron chi connectivity index (χ0n) is 14.4. The van der Waals surface area contributed by atoms with Crippen molar-refractivity contribution in [3.05, 3.63) is 64.2 Å². The summed E-state index contributed by atoms with van der Waals surface area (Å²) in [5.74, 6) is -0.656. The van der Waals surface area contributed by atoms with Crippen LogP contribution in [-0.4, -0.2) is 48.2 Å². The molecule has 1 heterocycles. The molecule has 0 spiro atoms. The molecule has 1 aliphatic rings. The van der Waals surface area contributed by atoms with Gasteiger partial charge in [0.25, 0.3) is 11.8 Å². The van der Waals surface area contributed by atoms with Gasteiger partial charge in [-0.1, -0.05) is 23.7 Å². The average molecular weight is 373 g/mol. The largest absolute Gasteiger partial charge is 0.496 e. The number of ether oxygens (including phenoxy) is 1. The summed E-state index contributed by atoms with van der Waals surface area (Å²) in [6, 6.07) is 11.7. The van der Waals surface area contributed by atoms with Crippen molar-refractivity contribution in [2.75, 3.05) is 20.7 Å². The summed E-state index contributed by atoms with van der Waals surface area (Å²) in [4.78, 5) is 39.7. The third-order valence-electron chi connectivity index (χ3n) is 4.25. The van der Waals surface area contributed by atoms with Crippen LogP contribution in [0.3, 0.4) is 0 Å². The monoisotopic (exact) mass is 372 g/mol. The summed E-state index contributed by atoms with van der Waals surface area (Å²) in [6.07, 6.45) is 0. The highest BCUT2D eigenvalue weighted by Crippen LogP contribution is 2.25. The van der Waals surface area contributed by atoms with Gasteiger partial charge in [0.05, 0.1) is 18.2 Å². The Morgan fingerprint density at radius 1 is 1.12 bits per heavy atom. The second kappa shape index (κ2) is 7.17. The lowest BCUT2D eigenvalue weighted by Gasteiger charge is -2.21. The molecule has 6 nitrogen and oxygen atoms in total. The Hall–Kier alpha value is -2.86. The molecule has 3 amide bonds. The Balaban J connectivity index is 1.72. The van der Waals surface area contributed by atoms with Gasteiger partial charge in [-0.25, -0.2) is 0 Å². The Morgan fingerprint density at radius 2 is 1.73 bits per heavy atom. The molecule has 0 fully saturated rings. The number of rotatable bonds is 5. The fourth-order valence-electron chi connectivity index (χ4n) is 2.85. The highest BCUT2D eigenvalue weighted by atomic mass is 35.5. The predicted octanol–water partition coefficient (Wildman–Crippen LogP) is 2.60. The molecule has 0 bridgehead atoms. The van der Waals surface area contributed by atoms with E-state index in [0.29, 0.717) is 21.9 Å². The van der Waals surface area contributed by atoms with Crippen LogP contribution in [0.25, 0.3) is 0 Å². The zero-order valence-corrected chi connectivity index (χ0v) is 15.1. The lowest BCUT2D eigenvalue weighted by Crippen LogP contribution is -2.41. The number of carbonyl (C=O) groups is 3. The van der Waals surface area contributed by atoms with E-state index in [9.17, 15) is 14.4 Å². The van der Waals surface area contributed by atoms with E-state index in [4.69, 9.17) is 16.3 Å². The molecule has 0 radical (unpaired) electrons. The maximum atomic E-state index is 12.5. The van der Waals surface area contributed by atoms with Crippen LogP contribution < -0.4 is 4.74 Å². The normalized spacial score (nSPS) is 13.0. The van der Waals surface area contributed by atoms with E-state index in [-0.39, 0.29) is 19.0 Å². The highest BCUT2D eigenvalue weighted by molar-refractivity contribution is 6.30. The number of halogens is 1. The first-order chi connectivity index (χ1) is 12.4. The molecule has 1 aliphatic heterocycles. The molecular weight excluding hydrogens is 356 g/mol. The summed E-state index contributed by atoms with van der Waals surface area (Å²) in [7, 11) is 3.13. The molecule has 0 saturated heterocycles. The molecule has 0 atom stereocenters. The Morgan fingerprint density at radius 3 is 2.31 bits per heavy atom. The van der Waals surface area contributed by atoms with Gasteiger partial charge in [0, 0.05) is 24.2 Å². The number of methoxy groups -OCH3 is 1. The number of likely N-dealkylation sites (N-methyl/N-ethyl adjacent to an activating group) is 1. The van der Waals surface area contributed by atoms with Crippen molar-refractivity contribution in [1.82, 2.24) is 9.80 Å². The summed E-state index contributed by atoms with van der Waals surface area (Å²) in [6.45, 7) is -0.0720. The number of hydrogen-bond acceptors (Lipinski definition) is 4. The summed E-state index contributed by atoms with van der Waals surface area (Å²) in [5.41, 5.74) is 1.38. The minimum atomic E-state index is -0.451. The molecule has 0 unspecified atom stereocenters. The lowest BCUT2D eigenvalue weighted by atomic mass is 10.1. The van der Waals surface area contributed by atoms with Gasteiger partial charge in [0.2, 0.25) is 5.91 Å². The van der Waals surface area contributed by atoms with Gasteiger partial charge in [0.15, 0.2) is 0 Å². The van der Waals surface area contributed by atoms with Gasteiger partial charge in [-0.2, -0.15) is 0 Å². The molecule has 0 saturated carbocycles. The van der Waals surface area contributed by atoms with Crippen molar-refractivity contribution in [3.63, 3.8) is 0 Å². The van der Waals surface area contributed by atoms with Crippen LogP contribution in [0.5, 0.6) is 5.75 Å². The highest BCUT2D eigenvalue weighted by Gasteiger charge is 2.36. The van der Waals surface area contributed by atoms with Crippen molar-refractivity contribution < 1.29 is 19.1 Å². The molecule has 3 rings (SSSR count). The molecule has 7 heteroatoms. The van der Waals surface area contributed by atoms with E-state index >= 15 is 0 Å². The zero-order chi connectivity index (χ0) is 18.8. The molecule has 0 aliphatic carbocycles. The Kier molecular flexibility index (Phi) is 4.95. The fourth-order valence-corrected chi connectivity index (χ4v) is 3.05. The first-order valence-electron chi connectivity index (χ1n) is 7.94.